The molecule has 0 aliphatic carbocycles. The fraction of sp³-hybridized carbons (Fsp3) is 0.529. The summed E-state index contributed by atoms with van der Waals surface area (Å²) >= 11 is 0. The van der Waals surface area contributed by atoms with Gasteiger partial charge < -0.3 is 25.6 Å². The summed E-state index contributed by atoms with van der Waals surface area (Å²) in [5.41, 5.74) is 1.01. The minimum absolute atomic E-state index is 0.0761. The summed E-state index contributed by atoms with van der Waals surface area (Å²) in [5.74, 6) is -1.96. The van der Waals surface area contributed by atoms with Crippen LogP contribution in [0.25, 0.3) is 0 Å². The number of carbonyl (C=O) groups excluding carboxylic acids is 4. The first-order valence-electron chi connectivity index (χ1n) is 16.1. The van der Waals surface area contributed by atoms with Crippen molar-refractivity contribution < 1.29 is 32.3 Å². The van der Waals surface area contributed by atoms with Crippen molar-refractivity contribution in [3.8, 4) is 0 Å². The van der Waals surface area contributed by atoms with Gasteiger partial charge >= 0.3 is 6.09 Å². The summed E-state index contributed by atoms with van der Waals surface area (Å²) in [6, 6.07) is 15.5. The van der Waals surface area contributed by atoms with Gasteiger partial charge in [0.05, 0.1) is 12.3 Å². The van der Waals surface area contributed by atoms with Crippen LogP contribution < -0.4 is 20.7 Å². The summed E-state index contributed by atoms with van der Waals surface area (Å²) in [6.07, 6.45) is 2.48. The maximum atomic E-state index is 14.4. The highest BCUT2D eigenvalue weighted by Gasteiger charge is 2.48. The lowest BCUT2D eigenvalue weighted by atomic mass is 9.93. The van der Waals surface area contributed by atoms with Crippen LogP contribution in [0.1, 0.15) is 77.0 Å². The average molecular weight is 670 g/mol. The Labute approximate surface area is 277 Å². The molecule has 0 spiro atoms. The van der Waals surface area contributed by atoms with E-state index in [4.69, 9.17) is 4.74 Å². The standard InChI is InChI=1S/C34H47N5O7S/c1-6-26(36-33(43)46-34(2,3)4)30(40)38-29-24(21-35-47(5,44)45)17-18-25-19-20-27(39(25)32(29)42)31(41)37-28(22-13-9-7-10-14-22)23-15-11-8-12-16-23/h7-16,24-29,35H,6,17-21H2,1-5H3,(H,36,43)(H,37,41)(H,38,40)/t24-,25+,26+,27+,29+/m1/s1. The van der Waals surface area contributed by atoms with Crippen LogP contribution in [0, 0.1) is 5.92 Å². The summed E-state index contributed by atoms with van der Waals surface area (Å²) < 4.78 is 31.9. The third kappa shape index (κ3) is 9.77. The predicted octanol–water partition coefficient (Wildman–Crippen LogP) is 3.00. The number of nitrogens with zero attached hydrogens (tertiary/aromatic N) is 1. The van der Waals surface area contributed by atoms with Crippen LogP contribution in [-0.4, -0.2) is 79.7 Å². The summed E-state index contributed by atoms with van der Waals surface area (Å²) in [6.45, 7) is 6.76. The van der Waals surface area contributed by atoms with Crippen LogP contribution in [0.4, 0.5) is 4.79 Å². The Hall–Kier alpha value is -3.97. The van der Waals surface area contributed by atoms with Crippen LogP contribution in [0.3, 0.4) is 0 Å². The maximum Gasteiger partial charge on any atom is 0.408 e. The van der Waals surface area contributed by atoms with E-state index in [1.54, 1.807) is 32.6 Å². The second-order valence-electron chi connectivity index (χ2n) is 13.3. The van der Waals surface area contributed by atoms with Crippen molar-refractivity contribution in [1.82, 2.24) is 25.6 Å². The number of rotatable bonds is 11. The minimum Gasteiger partial charge on any atom is -0.444 e. The van der Waals surface area contributed by atoms with E-state index < -0.39 is 63.6 Å². The zero-order valence-corrected chi connectivity index (χ0v) is 28.5. The largest absolute Gasteiger partial charge is 0.444 e. The molecule has 47 heavy (non-hydrogen) atoms. The lowest BCUT2D eigenvalue weighted by molar-refractivity contribution is -0.143. The van der Waals surface area contributed by atoms with Crippen LogP contribution in [0.2, 0.25) is 0 Å². The third-order valence-corrected chi connectivity index (χ3v) is 9.23. The van der Waals surface area contributed by atoms with Gasteiger partial charge in [-0.1, -0.05) is 67.6 Å². The smallest absolute Gasteiger partial charge is 0.408 e. The van der Waals surface area contributed by atoms with E-state index in [1.165, 1.54) is 0 Å². The Morgan fingerprint density at radius 3 is 2.02 bits per heavy atom. The molecule has 13 heteroatoms. The molecule has 0 saturated carbocycles. The molecule has 4 N–H and O–H groups in total. The number of alkyl carbamates (subject to hydrolysis) is 1. The highest BCUT2D eigenvalue weighted by molar-refractivity contribution is 7.88. The number of ether oxygens (including phenoxy) is 1. The van der Waals surface area contributed by atoms with Crippen LogP contribution in [-0.2, 0) is 29.1 Å². The van der Waals surface area contributed by atoms with E-state index in [0.717, 1.165) is 17.4 Å². The number of nitrogens with one attached hydrogen (secondary N) is 4. The quantitative estimate of drug-likeness (QED) is 0.286. The van der Waals surface area contributed by atoms with Gasteiger partial charge in [0.15, 0.2) is 0 Å². The molecule has 4 rings (SSSR count). The second kappa shape index (κ2) is 15.3. The molecule has 0 radical (unpaired) electrons. The van der Waals surface area contributed by atoms with E-state index in [2.05, 4.69) is 20.7 Å². The van der Waals surface area contributed by atoms with Gasteiger partial charge in [-0.05, 0) is 64.0 Å². The van der Waals surface area contributed by atoms with Gasteiger partial charge in [0, 0.05) is 18.5 Å². The Morgan fingerprint density at radius 2 is 1.49 bits per heavy atom. The summed E-state index contributed by atoms with van der Waals surface area (Å²) in [4.78, 5) is 56.0. The molecule has 2 aliphatic heterocycles. The van der Waals surface area contributed by atoms with Crippen LogP contribution >= 0.6 is 0 Å². The van der Waals surface area contributed by atoms with E-state index in [0.29, 0.717) is 25.7 Å². The number of hydrogen-bond acceptors (Lipinski definition) is 7. The molecule has 0 bridgehead atoms. The van der Waals surface area contributed by atoms with Crippen molar-refractivity contribution in [3.05, 3.63) is 71.8 Å². The second-order valence-corrected chi connectivity index (χ2v) is 15.1. The van der Waals surface area contributed by atoms with Crippen molar-refractivity contribution >= 4 is 33.8 Å². The molecular weight excluding hydrogens is 622 g/mol. The minimum atomic E-state index is -3.59. The predicted molar refractivity (Wildman–Crippen MR) is 177 cm³/mol. The monoisotopic (exact) mass is 669 g/mol. The SMILES string of the molecule is CC[C@H](NC(=O)OC(C)(C)C)C(=O)N[C@@H]1C(=O)N2[C@@H](CC[C@@H]1CNS(C)(=O)=O)CC[C@H]2C(=O)NC(c1ccccc1)c1ccccc1. The van der Waals surface area contributed by atoms with E-state index in [9.17, 15) is 27.6 Å². The van der Waals surface area contributed by atoms with Gasteiger partial charge in [0.25, 0.3) is 0 Å². The van der Waals surface area contributed by atoms with Gasteiger partial charge in [-0.3, -0.25) is 14.4 Å². The average Bonchev–Trinajstić information content (AvgIpc) is 3.39. The highest BCUT2D eigenvalue weighted by Crippen LogP contribution is 2.35. The number of benzene rings is 2. The topological polar surface area (TPSA) is 163 Å². The van der Waals surface area contributed by atoms with Gasteiger partial charge in [0.2, 0.25) is 27.7 Å². The van der Waals surface area contributed by atoms with Crippen molar-refractivity contribution in [2.75, 3.05) is 12.8 Å². The lowest BCUT2D eigenvalue weighted by Crippen LogP contribution is -2.59. The van der Waals surface area contributed by atoms with Gasteiger partial charge in [-0.15, -0.1) is 0 Å². The molecule has 2 aromatic carbocycles. The fourth-order valence-corrected chi connectivity index (χ4v) is 6.81. The van der Waals surface area contributed by atoms with Crippen molar-refractivity contribution in [2.24, 2.45) is 5.92 Å². The molecule has 2 fully saturated rings. The molecule has 2 saturated heterocycles. The highest BCUT2D eigenvalue weighted by atomic mass is 32.2. The zero-order chi connectivity index (χ0) is 34.4. The number of fused-ring (bicyclic) bond motifs is 1. The van der Waals surface area contributed by atoms with Gasteiger partial charge in [-0.2, -0.15) is 0 Å². The molecule has 0 aromatic heterocycles. The first-order valence-corrected chi connectivity index (χ1v) is 18.0. The number of amides is 4. The van der Waals surface area contributed by atoms with Crippen molar-refractivity contribution in [1.29, 1.82) is 0 Å². The lowest BCUT2D eigenvalue weighted by Gasteiger charge is -2.33. The Kier molecular flexibility index (Phi) is 11.7. The van der Waals surface area contributed by atoms with E-state index in [-0.39, 0.29) is 24.9 Å². The summed E-state index contributed by atoms with van der Waals surface area (Å²) in [5, 5.41) is 8.55. The molecule has 2 heterocycles. The Morgan fingerprint density at radius 1 is 0.915 bits per heavy atom. The van der Waals surface area contributed by atoms with Gasteiger partial charge in [-0.25, -0.2) is 17.9 Å². The van der Waals surface area contributed by atoms with E-state index >= 15 is 0 Å². The zero-order valence-electron chi connectivity index (χ0n) is 27.7. The number of carbonyl (C=O) groups is 4. The third-order valence-electron chi connectivity index (χ3n) is 8.54. The van der Waals surface area contributed by atoms with Crippen LogP contribution in [0.5, 0.6) is 0 Å². The first-order chi connectivity index (χ1) is 22.2. The molecular formula is C34H47N5O7S. The number of hydrogen-bond donors (Lipinski definition) is 4. The normalized spacial score (nSPS) is 22.2. The van der Waals surface area contributed by atoms with Gasteiger partial charge in [0.1, 0.15) is 23.7 Å². The van der Waals surface area contributed by atoms with E-state index in [1.807, 2.05) is 60.7 Å². The number of sulfonamides is 1. The maximum absolute atomic E-state index is 14.4. The van der Waals surface area contributed by atoms with Crippen molar-refractivity contribution in [2.45, 2.75) is 95.6 Å². The molecule has 0 unspecified atom stereocenters. The Balaban J connectivity index is 1.59. The summed E-state index contributed by atoms with van der Waals surface area (Å²) in [7, 11) is -3.59. The van der Waals surface area contributed by atoms with Crippen LogP contribution in [0.15, 0.2) is 60.7 Å². The Bertz CT molecular complexity index is 1470. The first kappa shape index (κ1) is 35.9. The molecule has 256 valence electrons. The molecule has 5 atom stereocenters. The molecule has 2 aromatic rings. The van der Waals surface area contributed by atoms with Crippen molar-refractivity contribution in [3.63, 3.8) is 0 Å². The molecule has 12 nitrogen and oxygen atoms in total. The fourth-order valence-electron chi connectivity index (χ4n) is 6.30. The molecule has 2 aliphatic rings. The molecule has 4 amide bonds.